The number of hydrogen-bond donors (Lipinski definition) is 1. The van der Waals surface area contributed by atoms with Crippen LogP contribution in [0.4, 0.5) is 5.69 Å². The van der Waals surface area contributed by atoms with Gasteiger partial charge in [0.2, 0.25) is 0 Å². The van der Waals surface area contributed by atoms with Crippen molar-refractivity contribution in [3.05, 3.63) is 69.2 Å². The lowest BCUT2D eigenvalue weighted by Gasteiger charge is -2.14. The van der Waals surface area contributed by atoms with Crippen LogP contribution in [0.5, 0.6) is 5.75 Å². The van der Waals surface area contributed by atoms with E-state index in [0.29, 0.717) is 26.5 Å². The van der Waals surface area contributed by atoms with Gasteiger partial charge in [0.25, 0.3) is 17.7 Å². The van der Waals surface area contributed by atoms with Crippen molar-refractivity contribution in [3.8, 4) is 5.75 Å². The first kappa shape index (κ1) is 22.8. The Balaban J connectivity index is 1.31. The van der Waals surface area contributed by atoms with Crippen LogP contribution in [0.1, 0.15) is 17.5 Å². The molecule has 2 fully saturated rings. The zero-order chi connectivity index (χ0) is 24.0. The molecule has 0 radical (unpaired) electrons. The average molecular weight is 543 g/mol. The molecule has 2 bridgehead atoms. The highest BCUT2D eigenvalue weighted by atomic mass is 79.9. The third kappa shape index (κ3) is 4.16. The van der Waals surface area contributed by atoms with Crippen LogP contribution in [0, 0.1) is 30.6 Å². The van der Waals surface area contributed by atoms with Crippen molar-refractivity contribution in [2.75, 3.05) is 11.9 Å². The number of fused-ring (bicyclic) bond motifs is 5. The number of imide groups is 1. The standard InChI is InChI=1S/C25H21BrClN3O4/c1-13-2-6-18(7-3-13)29-20(31)12-34-23-16(9-17(27)10-19(23)26)11-28-30-24(32)21-14-4-5-15(8-14)22(21)25(30)33/h2-7,9-11,14-15,21-22H,8,12H2,1H3,(H,29,31)/t14-,15-,21-,22+/m0/s1. The molecule has 2 aromatic carbocycles. The molecule has 3 aliphatic rings. The first-order valence-electron chi connectivity index (χ1n) is 10.9. The number of hydrogen-bond acceptors (Lipinski definition) is 5. The maximum absolute atomic E-state index is 12.9. The molecule has 2 aliphatic carbocycles. The second kappa shape index (κ2) is 9.00. The molecule has 0 spiro atoms. The molecule has 7 nitrogen and oxygen atoms in total. The topological polar surface area (TPSA) is 88.1 Å². The van der Waals surface area contributed by atoms with E-state index < -0.39 is 0 Å². The largest absolute Gasteiger partial charge is 0.482 e. The number of allylic oxidation sites excluding steroid dienone is 2. The number of hydrazone groups is 1. The van der Waals surface area contributed by atoms with Gasteiger partial charge in [0.1, 0.15) is 5.75 Å². The summed E-state index contributed by atoms with van der Waals surface area (Å²) < 4.78 is 6.28. The first-order chi connectivity index (χ1) is 16.3. The Bertz CT molecular complexity index is 1210. The summed E-state index contributed by atoms with van der Waals surface area (Å²) in [6.45, 7) is 1.71. The van der Waals surface area contributed by atoms with E-state index in [4.69, 9.17) is 16.3 Å². The molecule has 34 heavy (non-hydrogen) atoms. The van der Waals surface area contributed by atoms with E-state index in [1.54, 1.807) is 12.1 Å². The van der Waals surface area contributed by atoms with E-state index in [1.807, 2.05) is 43.3 Å². The van der Waals surface area contributed by atoms with Gasteiger partial charge in [0, 0.05) is 16.3 Å². The van der Waals surface area contributed by atoms with Gasteiger partial charge in [-0.25, -0.2) is 0 Å². The molecule has 3 amide bonds. The Morgan fingerprint density at radius 2 is 1.82 bits per heavy atom. The van der Waals surface area contributed by atoms with E-state index in [9.17, 15) is 14.4 Å². The molecule has 174 valence electrons. The highest BCUT2D eigenvalue weighted by molar-refractivity contribution is 9.10. The van der Waals surface area contributed by atoms with E-state index in [-0.39, 0.29) is 48.0 Å². The number of carbonyl (C=O) groups excluding carboxylic acids is 3. The third-order valence-corrected chi connectivity index (χ3v) is 7.29. The minimum atomic E-state index is -0.339. The minimum Gasteiger partial charge on any atom is -0.482 e. The summed E-state index contributed by atoms with van der Waals surface area (Å²) in [6.07, 6.45) is 6.29. The highest BCUT2D eigenvalue weighted by Crippen LogP contribution is 2.52. The van der Waals surface area contributed by atoms with Crippen LogP contribution in [-0.2, 0) is 14.4 Å². The number of benzene rings is 2. The maximum Gasteiger partial charge on any atom is 0.262 e. The molecule has 4 atom stereocenters. The number of ether oxygens (including phenoxy) is 1. The SMILES string of the molecule is Cc1ccc(NC(=O)COc2c(Br)cc(Cl)cc2C=NN2C(=O)[C@@H]3[C@H](C2=O)[C@H]2C=C[C@H]3C2)cc1. The van der Waals surface area contributed by atoms with Crippen molar-refractivity contribution in [1.82, 2.24) is 5.01 Å². The smallest absolute Gasteiger partial charge is 0.262 e. The minimum absolute atomic E-state index is 0.109. The molecular formula is C25H21BrClN3O4. The molecular weight excluding hydrogens is 522 g/mol. The Hall–Kier alpha value is -2.97. The van der Waals surface area contributed by atoms with E-state index in [1.165, 1.54) is 6.21 Å². The fraction of sp³-hybridized carbons (Fsp3) is 0.280. The molecule has 1 saturated heterocycles. The second-order valence-corrected chi connectivity index (χ2v) is 10.0. The molecule has 9 heteroatoms. The second-order valence-electron chi connectivity index (χ2n) is 8.74. The van der Waals surface area contributed by atoms with Crippen LogP contribution < -0.4 is 10.1 Å². The van der Waals surface area contributed by atoms with Crippen molar-refractivity contribution in [3.63, 3.8) is 0 Å². The third-order valence-electron chi connectivity index (χ3n) is 6.48. The molecule has 1 N–H and O–H groups in total. The predicted octanol–water partition coefficient (Wildman–Crippen LogP) is 4.57. The fourth-order valence-electron chi connectivity index (χ4n) is 4.92. The number of carbonyl (C=O) groups is 3. The average Bonchev–Trinajstić information content (AvgIpc) is 3.47. The van der Waals surface area contributed by atoms with Crippen molar-refractivity contribution < 1.29 is 19.1 Å². The molecule has 5 rings (SSSR count). The maximum atomic E-state index is 12.9. The van der Waals surface area contributed by atoms with Gasteiger partial charge in [-0.1, -0.05) is 41.4 Å². The number of anilines is 1. The van der Waals surface area contributed by atoms with Crippen LogP contribution in [0.2, 0.25) is 5.02 Å². The van der Waals surface area contributed by atoms with Crippen molar-refractivity contribution in [2.24, 2.45) is 28.8 Å². The van der Waals surface area contributed by atoms with Gasteiger partial charge in [-0.15, -0.1) is 0 Å². The van der Waals surface area contributed by atoms with E-state index in [0.717, 1.165) is 17.0 Å². The number of nitrogens with one attached hydrogen (secondary N) is 1. The number of rotatable bonds is 6. The zero-order valence-corrected chi connectivity index (χ0v) is 20.5. The highest BCUT2D eigenvalue weighted by Gasteiger charge is 2.59. The lowest BCUT2D eigenvalue weighted by molar-refractivity contribution is -0.140. The van der Waals surface area contributed by atoms with Crippen LogP contribution >= 0.6 is 27.5 Å². The van der Waals surface area contributed by atoms with Crippen LogP contribution in [0.25, 0.3) is 0 Å². The summed E-state index contributed by atoms with van der Waals surface area (Å²) in [6, 6.07) is 10.6. The molecule has 0 unspecified atom stereocenters. The summed E-state index contributed by atoms with van der Waals surface area (Å²) >= 11 is 9.60. The Morgan fingerprint density at radius 1 is 1.18 bits per heavy atom. The lowest BCUT2D eigenvalue weighted by Crippen LogP contribution is -2.28. The molecule has 0 aromatic heterocycles. The van der Waals surface area contributed by atoms with E-state index >= 15 is 0 Å². The van der Waals surface area contributed by atoms with Gasteiger partial charge in [0.05, 0.1) is 22.5 Å². The summed E-state index contributed by atoms with van der Waals surface area (Å²) in [4.78, 5) is 38.1. The summed E-state index contributed by atoms with van der Waals surface area (Å²) in [7, 11) is 0. The number of halogens is 2. The Labute approximate surface area is 209 Å². The normalized spacial score (nSPS) is 24.9. The summed E-state index contributed by atoms with van der Waals surface area (Å²) in [5.74, 6) is -0.995. The molecule has 2 aromatic rings. The summed E-state index contributed by atoms with van der Waals surface area (Å²) in [5.41, 5.74) is 2.18. The van der Waals surface area contributed by atoms with Gasteiger partial charge >= 0.3 is 0 Å². The van der Waals surface area contributed by atoms with Crippen LogP contribution in [-0.4, -0.2) is 35.6 Å². The number of aryl methyl sites for hydroxylation is 1. The van der Waals surface area contributed by atoms with Crippen molar-refractivity contribution >= 4 is 57.2 Å². The van der Waals surface area contributed by atoms with Gasteiger partial charge in [-0.2, -0.15) is 10.1 Å². The van der Waals surface area contributed by atoms with E-state index in [2.05, 4.69) is 26.3 Å². The van der Waals surface area contributed by atoms with Crippen LogP contribution in [0.3, 0.4) is 0 Å². The molecule has 1 heterocycles. The Morgan fingerprint density at radius 3 is 2.47 bits per heavy atom. The fourth-order valence-corrected chi connectivity index (χ4v) is 5.87. The van der Waals surface area contributed by atoms with Crippen molar-refractivity contribution in [1.29, 1.82) is 0 Å². The van der Waals surface area contributed by atoms with Gasteiger partial charge in [-0.05, 0) is 65.4 Å². The zero-order valence-electron chi connectivity index (χ0n) is 18.2. The monoisotopic (exact) mass is 541 g/mol. The Kier molecular flexibility index (Phi) is 6.04. The first-order valence-corrected chi connectivity index (χ1v) is 12.1. The van der Waals surface area contributed by atoms with Gasteiger partial charge in [0.15, 0.2) is 6.61 Å². The van der Waals surface area contributed by atoms with Gasteiger partial charge in [-0.3, -0.25) is 14.4 Å². The van der Waals surface area contributed by atoms with Crippen LogP contribution in [0.15, 0.2) is 58.1 Å². The summed E-state index contributed by atoms with van der Waals surface area (Å²) in [5, 5.41) is 8.34. The van der Waals surface area contributed by atoms with Crippen molar-refractivity contribution in [2.45, 2.75) is 13.3 Å². The predicted molar refractivity (Wildman–Crippen MR) is 132 cm³/mol. The quantitative estimate of drug-likeness (QED) is 0.329. The lowest BCUT2D eigenvalue weighted by atomic mass is 9.85. The molecule has 1 saturated carbocycles. The molecule has 1 aliphatic heterocycles. The number of amides is 3. The number of nitrogens with zero attached hydrogens (tertiary/aromatic N) is 2. The van der Waals surface area contributed by atoms with Gasteiger partial charge < -0.3 is 10.1 Å².